The number of rotatable bonds is 1. The van der Waals surface area contributed by atoms with E-state index < -0.39 is 26.4 Å². The summed E-state index contributed by atoms with van der Waals surface area (Å²) in [5.41, 5.74) is 0. The third-order valence-corrected chi connectivity index (χ3v) is 1.30. The summed E-state index contributed by atoms with van der Waals surface area (Å²) in [5.74, 6) is 0. The monoisotopic (exact) mass is 230 g/mol. The summed E-state index contributed by atoms with van der Waals surface area (Å²) in [6, 6.07) is 0. The third kappa shape index (κ3) is 7.33. The van der Waals surface area contributed by atoms with Crippen LogP contribution in [0.3, 0.4) is 0 Å². The van der Waals surface area contributed by atoms with Crippen LogP contribution in [0.25, 0.3) is 0 Å². The summed E-state index contributed by atoms with van der Waals surface area (Å²) in [6.07, 6.45) is 0. The molecule has 0 aromatic heterocycles. The summed E-state index contributed by atoms with van der Waals surface area (Å²) in [6.45, 7) is 0. The van der Waals surface area contributed by atoms with Crippen LogP contribution in [0, 0.1) is 0 Å². The van der Waals surface area contributed by atoms with Gasteiger partial charge < -0.3 is 4.18 Å². The van der Waals surface area contributed by atoms with Crippen LogP contribution in [-0.2, 0) is 25.3 Å². The van der Waals surface area contributed by atoms with Crippen molar-refractivity contribution in [2.45, 2.75) is 0 Å². The summed E-state index contributed by atoms with van der Waals surface area (Å²) in [5, 5.41) is -2.20. The van der Waals surface area contributed by atoms with Crippen LogP contribution in [0.5, 0.6) is 0 Å². The van der Waals surface area contributed by atoms with Gasteiger partial charge in [0, 0.05) is 0 Å². The molecule has 0 spiro atoms. The molecule has 0 aromatic rings. The molecule has 10 heteroatoms. The van der Waals surface area contributed by atoms with E-state index in [0.29, 0.717) is 0 Å². The molecule has 1 N–H and O–H groups in total. The van der Waals surface area contributed by atoms with E-state index in [-0.39, 0.29) is 51.4 Å². The second-order valence-corrected chi connectivity index (χ2v) is 2.95. The molecule has 62 valence electrons. The summed E-state index contributed by atoms with van der Waals surface area (Å²) < 4.78 is 49.2. The number of carbonyl (C=O) groups is 1. The number of hydrogen-bond donors (Lipinski definition) is 2. The molecular formula is CH3KO7S2. The molecule has 0 radical (unpaired) electrons. The van der Waals surface area contributed by atoms with Gasteiger partial charge in [0.1, 0.15) is 0 Å². The van der Waals surface area contributed by atoms with E-state index in [1.807, 2.05) is 0 Å². The average Bonchev–Trinajstić information content (AvgIpc) is 1.60. The maximum atomic E-state index is 9.83. The first kappa shape index (κ1) is 14.5. The Kier molecular flexibility index (Phi) is 7.36. The van der Waals surface area contributed by atoms with Crippen molar-refractivity contribution in [1.29, 1.82) is 0 Å². The molecule has 0 bridgehead atoms. The van der Waals surface area contributed by atoms with Crippen molar-refractivity contribution in [2.24, 2.45) is 0 Å². The van der Waals surface area contributed by atoms with E-state index in [2.05, 4.69) is 4.18 Å². The Morgan fingerprint density at radius 3 is 1.82 bits per heavy atom. The average molecular weight is 230 g/mol. The van der Waals surface area contributed by atoms with Crippen molar-refractivity contribution in [3.8, 4) is 0 Å². The van der Waals surface area contributed by atoms with Crippen LogP contribution < -0.4 is 0 Å². The number of thiol groups is 1. The van der Waals surface area contributed by atoms with Crippen LogP contribution in [0.1, 0.15) is 0 Å². The minimum absolute atomic E-state index is 0. The van der Waals surface area contributed by atoms with Gasteiger partial charge in [-0.3, -0.25) is 4.55 Å². The van der Waals surface area contributed by atoms with Crippen molar-refractivity contribution in [2.75, 3.05) is 0 Å². The third-order valence-electron chi connectivity index (χ3n) is 0.360. The molecule has 0 unspecified atom stereocenters. The fourth-order valence-electron chi connectivity index (χ4n) is 0.108. The molecule has 11 heavy (non-hydrogen) atoms. The summed E-state index contributed by atoms with van der Waals surface area (Å²) >= 11 is 0. The quantitative estimate of drug-likeness (QED) is 0.301. The van der Waals surface area contributed by atoms with Crippen LogP contribution in [0.4, 0.5) is 4.79 Å². The Morgan fingerprint density at radius 1 is 1.36 bits per heavy atom. The van der Waals surface area contributed by atoms with Crippen LogP contribution in [-0.4, -0.2) is 78.1 Å². The first-order valence-corrected chi connectivity index (χ1v) is 4.21. The van der Waals surface area contributed by atoms with E-state index in [1.165, 1.54) is 0 Å². The van der Waals surface area contributed by atoms with Gasteiger partial charge in [-0.15, -0.1) is 0 Å². The molecule has 0 atom stereocenters. The van der Waals surface area contributed by atoms with E-state index in [0.717, 1.165) is 0 Å². The molecule has 0 rings (SSSR count). The van der Waals surface area contributed by atoms with E-state index in [1.54, 1.807) is 0 Å². The fourth-order valence-corrected chi connectivity index (χ4v) is 0.789. The van der Waals surface area contributed by atoms with Crippen molar-refractivity contribution in [1.82, 2.24) is 0 Å². The van der Waals surface area contributed by atoms with E-state index >= 15 is 0 Å². The van der Waals surface area contributed by atoms with E-state index in [4.69, 9.17) is 4.55 Å². The van der Waals surface area contributed by atoms with Crippen molar-refractivity contribution in [3.63, 3.8) is 0 Å². The Hall–Kier alpha value is 0.966. The maximum absolute atomic E-state index is 9.83. The van der Waals surface area contributed by atoms with Crippen molar-refractivity contribution < 1.29 is 30.4 Å². The van der Waals surface area contributed by atoms with Gasteiger partial charge in [0.2, 0.25) is 0 Å². The van der Waals surface area contributed by atoms with Gasteiger partial charge in [-0.05, 0) is 0 Å². The SMILES string of the molecule is O=C(O[SH](=O)=O)S(=O)(=O)O.[KH]. The number of hydrogen-bond acceptors (Lipinski definition) is 6. The number of carbonyl (C=O) groups excluding carboxylic acids is 1. The van der Waals surface area contributed by atoms with Gasteiger partial charge in [0.05, 0.1) is 0 Å². The predicted octanol–water partition coefficient (Wildman–Crippen LogP) is -2.11. The van der Waals surface area contributed by atoms with Gasteiger partial charge in [-0.2, -0.15) is 16.8 Å². The Balaban J connectivity index is 0. The zero-order valence-corrected chi connectivity index (χ0v) is 5.96. The Bertz CT molecular complexity index is 288. The van der Waals surface area contributed by atoms with Gasteiger partial charge in [-0.25, -0.2) is 4.79 Å². The molecular weight excluding hydrogens is 227 g/mol. The zero-order valence-electron chi connectivity index (χ0n) is 4.25. The molecule has 0 aliphatic heterocycles. The van der Waals surface area contributed by atoms with Gasteiger partial charge >= 0.3 is 77.8 Å². The molecule has 0 aliphatic rings. The molecule has 0 saturated heterocycles. The first-order chi connectivity index (χ1) is 4.34. The van der Waals surface area contributed by atoms with Crippen LogP contribution >= 0.6 is 0 Å². The summed E-state index contributed by atoms with van der Waals surface area (Å²) in [4.78, 5) is 9.83. The normalized spacial score (nSPS) is 10.4. The zero-order chi connectivity index (χ0) is 8.36. The second kappa shape index (κ2) is 5.58. The van der Waals surface area contributed by atoms with Gasteiger partial charge in [0.15, 0.2) is 0 Å². The van der Waals surface area contributed by atoms with Crippen molar-refractivity contribution in [3.05, 3.63) is 0 Å². The molecule has 7 nitrogen and oxygen atoms in total. The van der Waals surface area contributed by atoms with Crippen molar-refractivity contribution >= 4 is 77.8 Å². The fraction of sp³-hybridized carbons (Fsp3) is 0. The topological polar surface area (TPSA) is 115 Å². The minimum atomic E-state index is -5.04. The van der Waals surface area contributed by atoms with E-state index in [9.17, 15) is 21.6 Å². The predicted molar refractivity (Wildman–Crippen MR) is 35.5 cm³/mol. The van der Waals surface area contributed by atoms with Crippen LogP contribution in [0.15, 0.2) is 0 Å². The molecule has 0 fully saturated rings. The molecule has 0 aliphatic carbocycles. The summed E-state index contributed by atoms with van der Waals surface area (Å²) in [7, 11) is -8.64. The first-order valence-electron chi connectivity index (χ1n) is 1.68. The Labute approximate surface area is 106 Å². The second-order valence-electron chi connectivity index (χ2n) is 1.04. The molecule has 0 heterocycles. The molecule has 0 aromatic carbocycles. The van der Waals surface area contributed by atoms with Gasteiger partial charge in [0.25, 0.3) is 0 Å². The molecule has 0 saturated carbocycles. The van der Waals surface area contributed by atoms with Gasteiger partial charge in [-0.1, -0.05) is 0 Å². The van der Waals surface area contributed by atoms with Crippen LogP contribution in [0.2, 0.25) is 0 Å². The standard InChI is InChI=1S/CH2O7S2.K.H/c2-1(8-9(3)4)10(5,6)7;;/h9H,(H,5,6,7);;. The Morgan fingerprint density at radius 2 is 1.73 bits per heavy atom. The molecule has 0 amide bonds.